The van der Waals surface area contributed by atoms with Gasteiger partial charge in [-0.1, -0.05) is 18.2 Å². The van der Waals surface area contributed by atoms with Crippen LogP contribution >= 0.6 is 0 Å². The van der Waals surface area contributed by atoms with Crippen LogP contribution in [-0.4, -0.2) is 34.9 Å². The Labute approximate surface area is 122 Å². The number of hydrogen-bond donors (Lipinski definition) is 0. The summed E-state index contributed by atoms with van der Waals surface area (Å²) in [7, 11) is 1.68. The van der Waals surface area contributed by atoms with Gasteiger partial charge in [0.05, 0.1) is 17.9 Å². The number of piperazine rings is 1. The van der Waals surface area contributed by atoms with Crippen molar-refractivity contribution in [1.29, 1.82) is 0 Å². The molecule has 5 nitrogen and oxygen atoms in total. The Morgan fingerprint density at radius 3 is 2.71 bits per heavy atom. The molecule has 5 heteroatoms. The lowest BCUT2D eigenvalue weighted by Gasteiger charge is -2.38. The number of carbonyl (C=O) groups excluding carboxylic acids is 2. The third-order valence-corrected chi connectivity index (χ3v) is 4.25. The minimum atomic E-state index is -0.560. The van der Waals surface area contributed by atoms with Gasteiger partial charge in [0.1, 0.15) is 0 Å². The third-order valence-electron chi connectivity index (χ3n) is 4.25. The van der Waals surface area contributed by atoms with E-state index in [2.05, 4.69) is 0 Å². The molecule has 2 amide bonds. The summed E-state index contributed by atoms with van der Waals surface area (Å²) in [5, 5.41) is 0. The normalized spacial score (nSPS) is 20.7. The van der Waals surface area contributed by atoms with Crippen LogP contribution < -0.4 is 4.90 Å². The van der Waals surface area contributed by atoms with Gasteiger partial charge in [-0.15, -0.1) is 0 Å². The number of para-hydroxylation sites is 1. The van der Waals surface area contributed by atoms with E-state index in [1.54, 1.807) is 11.9 Å². The van der Waals surface area contributed by atoms with Gasteiger partial charge in [0.25, 0.3) is 5.91 Å². The van der Waals surface area contributed by atoms with Crippen LogP contribution in [0.25, 0.3) is 0 Å². The standard InChI is InChI=1S/C16H15N3O2/c1-17-10-14(20)19-12-6-3-2-5-11(12)9-18-8-4-7-13(18)15(19)16(17)21/h2-8,15H,9-10H2,1H3. The van der Waals surface area contributed by atoms with Crippen molar-refractivity contribution in [3.63, 3.8) is 0 Å². The molecule has 1 fully saturated rings. The Hall–Kier alpha value is -2.56. The van der Waals surface area contributed by atoms with Crippen molar-refractivity contribution in [3.05, 3.63) is 53.9 Å². The van der Waals surface area contributed by atoms with Gasteiger partial charge < -0.3 is 9.47 Å². The number of amides is 2. The molecule has 0 bridgehead atoms. The summed E-state index contributed by atoms with van der Waals surface area (Å²) in [6.07, 6.45) is 1.96. The second-order valence-electron chi connectivity index (χ2n) is 5.55. The van der Waals surface area contributed by atoms with E-state index in [9.17, 15) is 9.59 Å². The molecule has 0 spiro atoms. The third kappa shape index (κ3) is 1.63. The molecule has 1 saturated heterocycles. The highest BCUT2D eigenvalue weighted by Gasteiger charge is 2.43. The Balaban J connectivity index is 1.99. The number of benzene rings is 1. The molecule has 4 rings (SSSR count). The average Bonchev–Trinajstić information content (AvgIpc) is 2.86. The van der Waals surface area contributed by atoms with Crippen LogP contribution in [0.4, 0.5) is 5.69 Å². The summed E-state index contributed by atoms with van der Waals surface area (Å²) in [5.74, 6) is -0.0737. The van der Waals surface area contributed by atoms with Crippen LogP contribution in [0.2, 0.25) is 0 Å². The van der Waals surface area contributed by atoms with Crippen LogP contribution in [0, 0.1) is 0 Å². The number of likely N-dealkylation sites (N-methyl/N-ethyl adjacent to an activating group) is 1. The zero-order valence-corrected chi connectivity index (χ0v) is 11.7. The molecular weight excluding hydrogens is 266 g/mol. The minimum Gasteiger partial charge on any atom is -0.345 e. The average molecular weight is 281 g/mol. The molecule has 0 radical (unpaired) electrons. The molecule has 2 aromatic rings. The summed E-state index contributed by atoms with van der Waals surface area (Å²) >= 11 is 0. The van der Waals surface area contributed by atoms with E-state index in [0.29, 0.717) is 6.54 Å². The maximum absolute atomic E-state index is 12.6. The van der Waals surface area contributed by atoms with Gasteiger partial charge in [-0.2, -0.15) is 0 Å². The van der Waals surface area contributed by atoms with Gasteiger partial charge in [-0.25, -0.2) is 0 Å². The molecule has 0 saturated carbocycles. The zero-order valence-electron chi connectivity index (χ0n) is 11.7. The van der Waals surface area contributed by atoms with Gasteiger partial charge in [0, 0.05) is 19.8 Å². The molecule has 1 aromatic heterocycles. The summed E-state index contributed by atoms with van der Waals surface area (Å²) in [6.45, 7) is 0.806. The lowest BCUT2D eigenvalue weighted by Crippen LogP contribution is -2.54. The van der Waals surface area contributed by atoms with Crippen LogP contribution in [-0.2, 0) is 16.1 Å². The number of anilines is 1. The molecule has 0 aliphatic carbocycles. The molecule has 3 heterocycles. The van der Waals surface area contributed by atoms with E-state index in [-0.39, 0.29) is 18.4 Å². The Kier molecular flexibility index (Phi) is 2.45. The first-order valence-corrected chi connectivity index (χ1v) is 6.97. The predicted molar refractivity (Wildman–Crippen MR) is 77.8 cm³/mol. The summed E-state index contributed by atoms with van der Waals surface area (Å²) in [4.78, 5) is 28.4. The van der Waals surface area contributed by atoms with Crippen LogP contribution in [0.15, 0.2) is 42.6 Å². The molecule has 1 unspecified atom stereocenters. The van der Waals surface area contributed by atoms with Crippen molar-refractivity contribution in [2.24, 2.45) is 0 Å². The van der Waals surface area contributed by atoms with Crippen LogP contribution in [0.5, 0.6) is 0 Å². The number of hydrogen-bond acceptors (Lipinski definition) is 2. The second-order valence-corrected chi connectivity index (χ2v) is 5.55. The first-order valence-electron chi connectivity index (χ1n) is 6.97. The van der Waals surface area contributed by atoms with Crippen LogP contribution in [0.1, 0.15) is 17.3 Å². The number of nitrogens with zero attached hydrogens (tertiary/aromatic N) is 3. The number of rotatable bonds is 0. The van der Waals surface area contributed by atoms with Crippen molar-refractivity contribution in [3.8, 4) is 0 Å². The fourth-order valence-electron chi connectivity index (χ4n) is 3.23. The van der Waals surface area contributed by atoms with Crippen molar-refractivity contribution in [1.82, 2.24) is 9.47 Å². The molecule has 1 aromatic carbocycles. The van der Waals surface area contributed by atoms with E-state index in [1.165, 1.54) is 4.90 Å². The summed E-state index contributed by atoms with van der Waals surface area (Å²) in [6, 6.07) is 11.1. The molecule has 21 heavy (non-hydrogen) atoms. The molecule has 106 valence electrons. The van der Waals surface area contributed by atoms with Gasteiger partial charge in [-0.3, -0.25) is 14.5 Å². The molecule has 1 atom stereocenters. The lowest BCUT2D eigenvalue weighted by atomic mass is 10.1. The second kappa shape index (κ2) is 4.22. The van der Waals surface area contributed by atoms with E-state index >= 15 is 0 Å². The Bertz CT molecular complexity index is 749. The fourth-order valence-corrected chi connectivity index (χ4v) is 3.23. The minimum absolute atomic E-state index is 0.0359. The van der Waals surface area contributed by atoms with E-state index in [0.717, 1.165) is 16.9 Å². The zero-order chi connectivity index (χ0) is 14.6. The quantitative estimate of drug-likeness (QED) is 0.732. The highest BCUT2D eigenvalue weighted by molar-refractivity contribution is 6.07. The predicted octanol–water partition coefficient (Wildman–Crippen LogP) is 1.40. The van der Waals surface area contributed by atoms with E-state index < -0.39 is 6.04 Å². The van der Waals surface area contributed by atoms with Crippen molar-refractivity contribution >= 4 is 17.5 Å². The van der Waals surface area contributed by atoms with Gasteiger partial charge in [-0.05, 0) is 23.8 Å². The van der Waals surface area contributed by atoms with E-state index in [4.69, 9.17) is 0 Å². The van der Waals surface area contributed by atoms with Crippen molar-refractivity contribution in [2.75, 3.05) is 18.5 Å². The molecule has 2 aliphatic heterocycles. The Morgan fingerprint density at radius 2 is 1.86 bits per heavy atom. The van der Waals surface area contributed by atoms with Crippen molar-refractivity contribution in [2.45, 2.75) is 12.6 Å². The topological polar surface area (TPSA) is 45.6 Å². The summed E-state index contributed by atoms with van der Waals surface area (Å²) in [5.41, 5.74) is 2.77. The van der Waals surface area contributed by atoms with Gasteiger partial charge in [0.2, 0.25) is 5.91 Å². The van der Waals surface area contributed by atoms with Crippen molar-refractivity contribution < 1.29 is 9.59 Å². The van der Waals surface area contributed by atoms with Crippen LogP contribution in [0.3, 0.4) is 0 Å². The molecule has 2 aliphatic rings. The first-order chi connectivity index (χ1) is 10.2. The molecular formula is C16H15N3O2. The smallest absolute Gasteiger partial charge is 0.252 e. The highest BCUT2D eigenvalue weighted by atomic mass is 16.2. The van der Waals surface area contributed by atoms with E-state index in [1.807, 2.05) is 47.2 Å². The Morgan fingerprint density at radius 1 is 1.05 bits per heavy atom. The lowest BCUT2D eigenvalue weighted by molar-refractivity contribution is -0.140. The van der Waals surface area contributed by atoms with Gasteiger partial charge in [0.15, 0.2) is 6.04 Å². The SMILES string of the molecule is CN1CC(=O)N2c3ccccc3Cn3cccc3C2C1=O. The number of carbonyl (C=O) groups is 2. The van der Waals surface area contributed by atoms with Gasteiger partial charge >= 0.3 is 0 Å². The number of fused-ring (bicyclic) bond motifs is 5. The molecule has 0 N–H and O–H groups in total. The summed E-state index contributed by atoms with van der Waals surface area (Å²) < 4.78 is 2.05. The largest absolute Gasteiger partial charge is 0.345 e. The first kappa shape index (κ1) is 12.2. The monoisotopic (exact) mass is 281 g/mol. The fraction of sp³-hybridized carbons (Fsp3) is 0.250. The maximum atomic E-state index is 12.6. The highest BCUT2D eigenvalue weighted by Crippen LogP contribution is 2.37. The maximum Gasteiger partial charge on any atom is 0.252 e. The number of aromatic nitrogens is 1.